The Bertz CT molecular complexity index is 925. The fraction of sp³-hybridized carbons (Fsp3) is 0.278. The zero-order valence-electron chi connectivity index (χ0n) is 14.2. The molecule has 0 atom stereocenters. The number of amides is 1. The third-order valence-corrected chi connectivity index (χ3v) is 6.10. The smallest absolute Gasteiger partial charge is 0.255 e. The molecule has 0 unspecified atom stereocenters. The SMILES string of the molecule is Cc1cc(C(=O)Nc2ccccc2S(=O)(=O)N2CCOCC2)ccc1F. The van der Waals surface area contributed by atoms with Crippen LogP contribution < -0.4 is 5.32 Å². The number of benzene rings is 2. The molecule has 1 N–H and O–H groups in total. The van der Waals surface area contributed by atoms with Crippen molar-refractivity contribution >= 4 is 21.6 Å². The number of hydrogen-bond donors (Lipinski definition) is 1. The monoisotopic (exact) mass is 378 g/mol. The number of aryl methyl sites for hydroxylation is 1. The van der Waals surface area contributed by atoms with Crippen molar-refractivity contribution < 1.29 is 22.3 Å². The molecule has 0 aromatic heterocycles. The Labute approximate surface area is 151 Å². The van der Waals surface area contributed by atoms with Crippen LogP contribution in [-0.4, -0.2) is 44.9 Å². The van der Waals surface area contributed by atoms with E-state index in [1.807, 2.05) is 0 Å². The first-order valence-electron chi connectivity index (χ1n) is 8.14. The van der Waals surface area contributed by atoms with Crippen LogP contribution in [0.3, 0.4) is 0 Å². The lowest BCUT2D eigenvalue weighted by Gasteiger charge is -2.27. The normalized spacial score (nSPS) is 15.6. The lowest BCUT2D eigenvalue weighted by atomic mass is 10.1. The van der Waals surface area contributed by atoms with E-state index in [0.717, 1.165) is 0 Å². The van der Waals surface area contributed by atoms with Crippen molar-refractivity contribution in [3.63, 3.8) is 0 Å². The van der Waals surface area contributed by atoms with Gasteiger partial charge in [-0.25, -0.2) is 12.8 Å². The van der Waals surface area contributed by atoms with Gasteiger partial charge >= 0.3 is 0 Å². The highest BCUT2D eigenvalue weighted by atomic mass is 32.2. The van der Waals surface area contributed by atoms with Gasteiger partial charge in [0.2, 0.25) is 10.0 Å². The second kappa shape index (κ2) is 7.53. The number of nitrogens with zero attached hydrogens (tertiary/aromatic N) is 1. The zero-order chi connectivity index (χ0) is 18.7. The Morgan fingerprint density at radius 3 is 2.54 bits per heavy atom. The number of morpholine rings is 1. The first kappa shape index (κ1) is 18.5. The van der Waals surface area contributed by atoms with Gasteiger partial charge in [0, 0.05) is 18.7 Å². The fourth-order valence-electron chi connectivity index (χ4n) is 2.70. The summed E-state index contributed by atoms with van der Waals surface area (Å²) in [4.78, 5) is 12.5. The van der Waals surface area contributed by atoms with Crippen LogP contribution in [0, 0.1) is 12.7 Å². The van der Waals surface area contributed by atoms with Gasteiger partial charge in [0.05, 0.1) is 18.9 Å². The quantitative estimate of drug-likeness (QED) is 0.887. The fourth-order valence-corrected chi connectivity index (χ4v) is 4.26. The molecule has 0 aliphatic carbocycles. The summed E-state index contributed by atoms with van der Waals surface area (Å²) < 4.78 is 45.7. The van der Waals surface area contributed by atoms with E-state index in [1.54, 1.807) is 19.1 Å². The number of anilines is 1. The molecule has 1 saturated heterocycles. The predicted octanol–water partition coefficient (Wildman–Crippen LogP) is 2.41. The first-order valence-corrected chi connectivity index (χ1v) is 9.58. The summed E-state index contributed by atoms with van der Waals surface area (Å²) in [6.07, 6.45) is 0. The van der Waals surface area contributed by atoms with Gasteiger partial charge in [0.25, 0.3) is 5.91 Å². The molecule has 0 bridgehead atoms. The number of hydrogen-bond acceptors (Lipinski definition) is 4. The van der Waals surface area contributed by atoms with Crippen molar-refractivity contribution in [2.45, 2.75) is 11.8 Å². The Kier molecular flexibility index (Phi) is 5.36. The second-order valence-electron chi connectivity index (χ2n) is 5.93. The van der Waals surface area contributed by atoms with Crippen molar-refractivity contribution in [2.75, 3.05) is 31.6 Å². The molecule has 1 aliphatic rings. The van der Waals surface area contributed by atoms with Crippen molar-refractivity contribution in [3.05, 3.63) is 59.4 Å². The van der Waals surface area contributed by atoms with Crippen LogP contribution in [0.15, 0.2) is 47.4 Å². The average molecular weight is 378 g/mol. The molecule has 0 spiro atoms. The molecule has 2 aromatic rings. The van der Waals surface area contributed by atoms with Gasteiger partial charge in [-0.2, -0.15) is 4.31 Å². The molecule has 138 valence electrons. The van der Waals surface area contributed by atoms with Crippen LogP contribution in [0.1, 0.15) is 15.9 Å². The van der Waals surface area contributed by atoms with Gasteiger partial charge in [-0.1, -0.05) is 12.1 Å². The van der Waals surface area contributed by atoms with Crippen LogP contribution in [0.25, 0.3) is 0 Å². The van der Waals surface area contributed by atoms with Crippen molar-refractivity contribution in [3.8, 4) is 0 Å². The molecule has 1 amide bonds. The Morgan fingerprint density at radius 2 is 1.85 bits per heavy atom. The summed E-state index contributed by atoms with van der Waals surface area (Å²) in [6.45, 7) is 2.76. The summed E-state index contributed by atoms with van der Waals surface area (Å²) in [5.41, 5.74) is 0.778. The summed E-state index contributed by atoms with van der Waals surface area (Å²) >= 11 is 0. The van der Waals surface area contributed by atoms with E-state index in [4.69, 9.17) is 4.74 Å². The molecule has 0 radical (unpaired) electrons. The maximum absolute atomic E-state index is 13.4. The molecule has 2 aromatic carbocycles. The minimum Gasteiger partial charge on any atom is -0.379 e. The van der Waals surface area contributed by atoms with Gasteiger partial charge in [-0.15, -0.1) is 0 Å². The van der Waals surface area contributed by atoms with Crippen LogP contribution in [-0.2, 0) is 14.8 Å². The minimum atomic E-state index is -3.76. The zero-order valence-corrected chi connectivity index (χ0v) is 15.1. The van der Waals surface area contributed by atoms with Gasteiger partial charge in [-0.3, -0.25) is 4.79 Å². The molecule has 0 saturated carbocycles. The molecule has 26 heavy (non-hydrogen) atoms. The van der Waals surface area contributed by atoms with E-state index in [0.29, 0.717) is 18.8 Å². The third-order valence-electron chi connectivity index (χ3n) is 4.14. The summed E-state index contributed by atoms with van der Waals surface area (Å²) in [5, 5.41) is 2.62. The molecule has 3 rings (SSSR count). The molecular formula is C18H19FN2O4S. The standard InChI is InChI=1S/C18H19FN2O4S/c1-13-12-14(6-7-15(13)19)18(22)20-16-4-2-3-5-17(16)26(23,24)21-8-10-25-11-9-21/h2-7,12H,8-11H2,1H3,(H,20,22). The van der Waals surface area contributed by atoms with E-state index in [1.165, 1.54) is 34.6 Å². The maximum atomic E-state index is 13.4. The van der Waals surface area contributed by atoms with Crippen LogP contribution >= 0.6 is 0 Å². The van der Waals surface area contributed by atoms with Crippen molar-refractivity contribution in [2.24, 2.45) is 0 Å². The van der Waals surface area contributed by atoms with Crippen LogP contribution in [0.2, 0.25) is 0 Å². The average Bonchev–Trinajstić information content (AvgIpc) is 2.65. The van der Waals surface area contributed by atoms with Crippen LogP contribution in [0.4, 0.5) is 10.1 Å². The molecule has 1 aliphatic heterocycles. The van der Waals surface area contributed by atoms with Gasteiger partial charge in [0.15, 0.2) is 0 Å². The van der Waals surface area contributed by atoms with Crippen LogP contribution in [0.5, 0.6) is 0 Å². The van der Waals surface area contributed by atoms with E-state index >= 15 is 0 Å². The first-order chi connectivity index (χ1) is 12.4. The van der Waals surface area contributed by atoms with Gasteiger partial charge < -0.3 is 10.1 Å². The molecule has 8 heteroatoms. The molecule has 1 heterocycles. The molecule has 6 nitrogen and oxygen atoms in total. The number of rotatable bonds is 4. The molecular weight excluding hydrogens is 359 g/mol. The number of sulfonamides is 1. The number of ether oxygens (including phenoxy) is 1. The highest BCUT2D eigenvalue weighted by Crippen LogP contribution is 2.25. The summed E-state index contributed by atoms with van der Waals surface area (Å²) in [5.74, 6) is -0.908. The van der Waals surface area contributed by atoms with E-state index < -0.39 is 21.7 Å². The third kappa shape index (κ3) is 3.77. The highest BCUT2D eigenvalue weighted by Gasteiger charge is 2.28. The number of para-hydroxylation sites is 1. The maximum Gasteiger partial charge on any atom is 0.255 e. The topological polar surface area (TPSA) is 75.7 Å². The lowest BCUT2D eigenvalue weighted by molar-refractivity contribution is 0.0730. The highest BCUT2D eigenvalue weighted by molar-refractivity contribution is 7.89. The van der Waals surface area contributed by atoms with Crippen molar-refractivity contribution in [1.82, 2.24) is 4.31 Å². The van der Waals surface area contributed by atoms with Gasteiger partial charge in [-0.05, 0) is 42.8 Å². The van der Waals surface area contributed by atoms with Gasteiger partial charge in [0.1, 0.15) is 10.7 Å². The predicted molar refractivity (Wildman–Crippen MR) is 95.1 cm³/mol. The Balaban J connectivity index is 1.89. The lowest BCUT2D eigenvalue weighted by Crippen LogP contribution is -2.40. The summed E-state index contributed by atoms with van der Waals surface area (Å²) in [6, 6.07) is 10.2. The van der Waals surface area contributed by atoms with E-state index in [9.17, 15) is 17.6 Å². The number of carbonyl (C=O) groups excluding carboxylic acids is 1. The largest absolute Gasteiger partial charge is 0.379 e. The number of halogens is 1. The Hall–Kier alpha value is -2.29. The number of carbonyl (C=O) groups is 1. The van der Waals surface area contributed by atoms with E-state index in [-0.39, 0.29) is 29.2 Å². The van der Waals surface area contributed by atoms with Crippen molar-refractivity contribution in [1.29, 1.82) is 0 Å². The molecule has 1 fully saturated rings. The Morgan fingerprint density at radius 1 is 1.15 bits per heavy atom. The van der Waals surface area contributed by atoms with E-state index in [2.05, 4.69) is 5.32 Å². The number of nitrogens with one attached hydrogen (secondary N) is 1. The second-order valence-corrected chi connectivity index (χ2v) is 7.84. The summed E-state index contributed by atoms with van der Waals surface area (Å²) in [7, 11) is -3.76. The minimum absolute atomic E-state index is 0.0223.